The van der Waals surface area contributed by atoms with Crippen LogP contribution in [0.3, 0.4) is 0 Å². The molecule has 1 atom stereocenters. The minimum atomic E-state index is -0.187. The minimum absolute atomic E-state index is 0.0505. The van der Waals surface area contributed by atoms with Crippen LogP contribution in [0, 0.1) is 0 Å². The Morgan fingerprint density at radius 2 is 1.56 bits per heavy atom. The molecule has 0 radical (unpaired) electrons. The summed E-state index contributed by atoms with van der Waals surface area (Å²) in [6, 6.07) is 18.7. The van der Waals surface area contributed by atoms with E-state index in [0.717, 1.165) is 17.8 Å². The van der Waals surface area contributed by atoms with Gasteiger partial charge < -0.3 is 0 Å². The molecule has 0 spiro atoms. The predicted octanol–water partition coefficient (Wildman–Crippen LogP) is 5.49. The molecule has 4 heterocycles. The zero-order valence-electron chi connectivity index (χ0n) is 20.9. The van der Waals surface area contributed by atoms with Gasteiger partial charge in [-0.25, -0.2) is 4.57 Å². The molecule has 7 rings (SSSR count). The van der Waals surface area contributed by atoms with Gasteiger partial charge in [-0.2, -0.15) is 5.10 Å². The number of Topliss-reactive ketones (excluding diaryl/α,β-unsaturated/α-hetero) is 2. The van der Waals surface area contributed by atoms with Crippen LogP contribution in [0.4, 0.5) is 5.95 Å². The van der Waals surface area contributed by atoms with Crippen molar-refractivity contribution in [3.8, 4) is 5.00 Å². The Balaban J connectivity index is 1.21. The Kier molecular flexibility index (Phi) is 6.49. The van der Waals surface area contributed by atoms with Crippen LogP contribution in [0.15, 0.2) is 70.9 Å². The van der Waals surface area contributed by atoms with E-state index in [1.165, 1.54) is 52.4 Å². The summed E-state index contributed by atoms with van der Waals surface area (Å²) < 4.78 is 2.08. The smallest absolute Gasteiger partial charge is 0.241 e. The number of hydrogen-bond donors (Lipinski definition) is 1. The monoisotopic (exact) mass is 572 g/mol. The third kappa shape index (κ3) is 4.38. The largest absolute Gasteiger partial charge is 0.293 e. The van der Waals surface area contributed by atoms with Gasteiger partial charge in [0.2, 0.25) is 5.95 Å². The second kappa shape index (κ2) is 10.3. The first-order chi connectivity index (χ1) is 19.2. The predicted molar refractivity (Wildman–Crippen MR) is 156 cm³/mol. The van der Waals surface area contributed by atoms with Crippen molar-refractivity contribution in [3.05, 3.63) is 87.8 Å². The van der Waals surface area contributed by atoms with Crippen molar-refractivity contribution >= 4 is 57.5 Å². The number of amidine groups is 1. The number of aromatic nitrogens is 3. The average Bonchev–Trinajstić information content (AvgIpc) is 3.70. The first-order valence-electron chi connectivity index (χ1n) is 12.8. The minimum Gasteiger partial charge on any atom is -0.293 e. The lowest BCUT2D eigenvalue weighted by atomic mass is 9.94. The Bertz CT molecular complexity index is 1600. The molecular formula is C28H24N6O2S3. The van der Waals surface area contributed by atoms with Gasteiger partial charge in [-0.1, -0.05) is 84.2 Å². The Morgan fingerprint density at radius 1 is 0.897 bits per heavy atom. The average molecular weight is 573 g/mol. The van der Waals surface area contributed by atoms with E-state index in [1.807, 2.05) is 60.7 Å². The number of thioether (sulfide) groups is 2. The molecule has 11 heteroatoms. The van der Waals surface area contributed by atoms with Crippen molar-refractivity contribution in [1.29, 1.82) is 0 Å². The molecule has 8 nitrogen and oxygen atoms in total. The molecule has 2 aliphatic heterocycles. The summed E-state index contributed by atoms with van der Waals surface area (Å²) in [4.78, 5) is 29.2. The molecule has 1 N–H and O–H groups in total. The van der Waals surface area contributed by atoms with Crippen LogP contribution < -0.4 is 10.3 Å². The molecule has 2 aromatic heterocycles. The number of hydrazone groups is 1. The lowest BCUT2D eigenvalue weighted by Crippen LogP contribution is -2.38. The fourth-order valence-electron chi connectivity index (χ4n) is 5.22. The van der Waals surface area contributed by atoms with E-state index in [9.17, 15) is 9.59 Å². The molecule has 0 fully saturated rings. The summed E-state index contributed by atoms with van der Waals surface area (Å²) in [5.41, 5.74) is 7.31. The standard InChI is InChI=1S/C28H24N6O2S3/c35-20(17-9-3-1-4-10-17)15-37-27-31-29-24-23-19-13-7-8-14-22(19)39-25(23)34-26(33(24)27)30-32-28(34)38-16-21(36)18-11-5-2-6-12-18/h1-6,9-12,24,29H,7-8,13-16H2. The lowest BCUT2D eigenvalue weighted by Gasteiger charge is -2.31. The Morgan fingerprint density at radius 3 is 2.28 bits per heavy atom. The van der Waals surface area contributed by atoms with Crippen LogP contribution in [0.25, 0.3) is 5.00 Å². The van der Waals surface area contributed by atoms with Crippen molar-refractivity contribution in [3.63, 3.8) is 0 Å². The Labute approximate surface area is 237 Å². The van der Waals surface area contributed by atoms with Crippen LogP contribution in [0.2, 0.25) is 0 Å². The number of rotatable bonds is 7. The van der Waals surface area contributed by atoms with Crippen molar-refractivity contribution < 1.29 is 9.59 Å². The summed E-state index contributed by atoms with van der Waals surface area (Å²) in [5, 5.41) is 16.3. The van der Waals surface area contributed by atoms with E-state index in [1.54, 1.807) is 11.3 Å². The molecule has 1 unspecified atom stereocenters. The third-order valence-corrected chi connectivity index (χ3v) is 10.3. The van der Waals surface area contributed by atoms with Gasteiger partial charge in [-0.3, -0.25) is 19.9 Å². The SMILES string of the molecule is O=C(CSC1=NNC2c3c(sc4c3CCCC4)-n3c(SCC(=O)c4ccccc4)nnc3N12)c1ccccc1. The summed E-state index contributed by atoms with van der Waals surface area (Å²) in [5.74, 6) is 1.30. The molecule has 0 bridgehead atoms. The maximum absolute atomic E-state index is 12.9. The van der Waals surface area contributed by atoms with Crippen LogP contribution in [0.1, 0.15) is 55.7 Å². The van der Waals surface area contributed by atoms with E-state index < -0.39 is 0 Å². The fraction of sp³-hybridized carbons (Fsp3) is 0.250. The molecule has 196 valence electrons. The number of nitrogens with zero attached hydrogens (tertiary/aromatic N) is 5. The van der Waals surface area contributed by atoms with Crippen molar-refractivity contribution in [1.82, 2.24) is 20.2 Å². The lowest BCUT2D eigenvalue weighted by molar-refractivity contribution is 0.101. The molecule has 0 saturated heterocycles. The number of carbonyl (C=O) groups is 2. The maximum Gasteiger partial charge on any atom is 0.241 e. The molecule has 3 aliphatic rings. The zero-order chi connectivity index (χ0) is 26.3. The van der Waals surface area contributed by atoms with Crippen molar-refractivity contribution in [2.45, 2.75) is 37.0 Å². The summed E-state index contributed by atoms with van der Waals surface area (Å²) in [6.45, 7) is 0. The summed E-state index contributed by atoms with van der Waals surface area (Å²) in [7, 11) is 0. The topological polar surface area (TPSA) is 92.5 Å². The number of benzene rings is 2. The van der Waals surface area contributed by atoms with Crippen molar-refractivity contribution in [2.75, 3.05) is 16.4 Å². The number of hydrogen-bond acceptors (Lipinski definition) is 10. The number of aryl methyl sites for hydroxylation is 1. The van der Waals surface area contributed by atoms with Gasteiger partial charge >= 0.3 is 0 Å². The number of nitrogens with one attached hydrogen (secondary N) is 1. The highest BCUT2D eigenvalue weighted by Gasteiger charge is 2.44. The number of thiophene rings is 1. The molecule has 2 aromatic carbocycles. The quantitative estimate of drug-likeness (QED) is 0.230. The van der Waals surface area contributed by atoms with Crippen molar-refractivity contribution in [2.24, 2.45) is 5.10 Å². The van der Waals surface area contributed by atoms with Gasteiger partial charge in [-0.15, -0.1) is 21.5 Å². The molecule has 0 saturated carbocycles. The first kappa shape index (κ1) is 24.6. The van der Waals surface area contributed by atoms with E-state index >= 15 is 0 Å². The number of anilines is 1. The molecular weight excluding hydrogens is 549 g/mol. The summed E-state index contributed by atoms with van der Waals surface area (Å²) >= 11 is 4.61. The van der Waals surface area contributed by atoms with Gasteiger partial charge in [0.15, 0.2) is 28.1 Å². The van der Waals surface area contributed by atoms with Gasteiger partial charge in [0.05, 0.1) is 11.5 Å². The highest BCUT2D eigenvalue weighted by molar-refractivity contribution is 8.14. The number of ketones is 2. The van der Waals surface area contributed by atoms with Crippen LogP contribution in [0.5, 0.6) is 0 Å². The maximum atomic E-state index is 12.9. The fourth-order valence-corrected chi connectivity index (χ4v) is 8.40. The van der Waals surface area contributed by atoms with Gasteiger partial charge in [0.1, 0.15) is 5.00 Å². The molecule has 39 heavy (non-hydrogen) atoms. The molecule has 4 aromatic rings. The third-order valence-electron chi connectivity index (χ3n) is 7.10. The second-order valence-electron chi connectivity index (χ2n) is 9.50. The van der Waals surface area contributed by atoms with Crippen LogP contribution >= 0.6 is 34.9 Å². The van der Waals surface area contributed by atoms with E-state index in [4.69, 9.17) is 0 Å². The Hall–Kier alpha value is -3.41. The van der Waals surface area contributed by atoms with Gasteiger partial charge in [0.25, 0.3) is 0 Å². The van der Waals surface area contributed by atoms with E-state index in [-0.39, 0.29) is 29.2 Å². The van der Waals surface area contributed by atoms with E-state index in [0.29, 0.717) is 27.4 Å². The highest BCUT2D eigenvalue weighted by atomic mass is 32.2. The van der Waals surface area contributed by atoms with E-state index in [2.05, 4.69) is 30.2 Å². The number of fused-ring (bicyclic) bond motifs is 8. The first-order valence-corrected chi connectivity index (χ1v) is 15.6. The number of carbonyl (C=O) groups excluding carboxylic acids is 2. The van der Waals surface area contributed by atoms with Gasteiger partial charge in [-0.05, 0) is 31.2 Å². The normalized spacial score (nSPS) is 17.0. The zero-order valence-corrected chi connectivity index (χ0v) is 23.3. The summed E-state index contributed by atoms with van der Waals surface area (Å²) in [6.07, 6.45) is 4.27. The van der Waals surface area contributed by atoms with Crippen LogP contribution in [-0.2, 0) is 12.8 Å². The van der Waals surface area contributed by atoms with Crippen LogP contribution in [-0.4, -0.2) is 43.0 Å². The van der Waals surface area contributed by atoms with Gasteiger partial charge in [0, 0.05) is 21.6 Å². The molecule has 1 aliphatic carbocycles. The molecule has 0 amide bonds. The second-order valence-corrected chi connectivity index (χ2v) is 12.5. The highest BCUT2D eigenvalue weighted by Crippen LogP contribution is 2.49.